The number of rotatable bonds is 0. The molecule has 2 saturated carbocycles. The van der Waals surface area contributed by atoms with E-state index in [1.807, 2.05) is 0 Å². The van der Waals surface area contributed by atoms with Gasteiger partial charge in [-0.1, -0.05) is 12.8 Å². The smallest absolute Gasteiger partial charge is 0.0709 e. The van der Waals surface area contributed by atoms with Gasteiger partial charge in [0.15, 0.2) is 0 Å². The zero-order valence-electron chi connectivity index (χ0n) is 8.04. The molecule has 1 spiro atoms. The van der Waals surface area contributed by atoms with Crippen molar-refractivity contribution in [2.45, 2.75) is 50.7 Å². The van der Waals surface area contributed by atoms with E-state index in [9.17, 15) is 5.11 Å². The van der Waals surface area contributed by atoms with Crippen LogP contribution in [0.5, 0.6) is 0 Å². The van der Waals surface area contributed by atoms with Crippen LogP contribution in [0.2, 0.25) is 0 Å². The average molecular weight is 182 g/mol. The molecule has 0 amide bonds. The van der Waals surface area contributed by atoms with Crippen LogP contribution in [0, 0.1) is 11.3 Å². The standard InChI is InChI=1S/C11H18O2/c12-9-8-4-3-7-13-10(8)11(9)5-1-2-6-11/h8-10,12H,1-7H2/t8-,9+,10-/m0/s1. The lowest BCUT2D eigenvalue weighted by atomic mass is 9.54. The molecule has 3 fully saturated rings. The summed E-state index contributed by atoms with van der Waals surface area (Å²) in [6, 6.07) is 0. The van der Waals surface area contributed by atoms with Crippen LogP contribution < -0.4 is 0 Å². The summed E-state index contributed by atoms with van der Waals surface area (Å²) < 4.78 is 5.83. The van der Waals surface area contributed by atoms with Crippen LogP contribution in [-0.2, 0) is 4.74 Å². The van der Waals surface area contributed by atoms with Crippen molar-refractivity contribution >= 4 is 0 Å². The molecule has 13 heavy (non-hydrogen) atoms. The van der Waals surface area contributed by atoms with Crippen molar-refractivity contribution in [2.75, 3.05) is 6.61 Å². The zero-order valence-corrected chi connectivity index (χ0v) is 8.04. The highest BCUT2D eigenvalue weighted by Gasteiger charge is 2.63. The summed E-state index contributed by atoms with van der Waals surface area (Å²) in [5, 5.41) is 10.1. The van der Waals surface area contributed by atoms with E-state index in [0.717, 1.165) is 13.0 Å². The highest BCUT2D eigenvalue weighted by molar-refractivity contribution is 5.12. The normalized spacial score (nSPS) is 47.3. The molecule has 3 rings (SSSR count). The highest BCUT2D eigenvalue weighted by Crippen LogP contribution is 2.59. The summed E-state index contributed by atoms with van der Waals surface area (Å²) in [6.07, 6.45) is 7.71. The summed E-state index contributed by atoms with van der Waals surface area (Å²) in [5.74, 6) is 0.479. The van der Waals surface area contributed by atoms with Gasteiger partial charge in [-0.3, -0.25) is 0 Å². The summed E-state index contributed by atoms with van der Waals surface area (Å²) in [4.78, 5) is 0. The van der Waals surface area contributed by atoms with Crippen molar-refractivity contribution in [2.24, 2.45) is 11.3 Å². The molecule has 3 aliphatic rings. The molecule has 0 unspecified atom stereocenters. The lowest BCUT2D eigenvalue weighted by molar-refractivity contribution is -0.256. The molecule has 2 aliphatic carbocycles. The van der Waals surface area contributed by atoms with Gasteiger partial charge in [0.25, 0.3) is 0 Å². The molecule has 2 nitrogen and oxygen atoms in total. The van der Waals surface area contributed by atoms with Crippen molar-refractivity contribution in [1.29, 1.82) is 0 Å². The van der Waals surface area contributed by atoms with Crippen LogP contribution in [0.15, 0.2) is 0 Å². The second-order valence-corrected chi connectivity index (χ2v) is 4.98. The van der Waals surface area contributed by atoms with Crippen LogP contribution in [0.25, 0.3) is 0 Å². The number of aliphatic hydroxyl groups is 1. The molecule has 74 valence electrons. The van der Waals surface area contributed by atoms with E-state index in [1.54, 1.807) is 0 Å². The molecule has 0 aromatic carbocycles. The fraction of sp³-hybridized carbons (Fsp3) is 1.00. The Morgan fingerprint density at radius 3 is 2.69 bits per heavy atom. The third-order valence-electron chi connectivity index (χ3n) is 4.46. The Hall–Kier alpha value is -0.0800. The number of fused-ring (bicyclic) bond motifs is 2. The van der Waals surface area contributed by atoms with E-state index in [-0.39, 0.29) is 11.5 Å². The highest BCUT2D eigenvalue weighted by atomic mass is 16.5. The van der Waals surface area contributed by atoms with Crippen molar-refractivity contribution in [3.8, 4) is 0 Å². The molecule has 2 heteroatoms. The maximum Gasteiger partial charge on any atom is 0.0709 e. The molecular formula is C11H18O2. The Morgan fingerprint density at radius 1 is 1.15 bits per heavy atom. The number of aliphatic hydroxyl groups excluding tert-OH is 1. The monoisotopic (exact) mass is 182 g/mol. The first-order valence-corrected chi connectivity index (χ1v) is 5.64. The van der Waals surface area contributed by atoms with Crippen LogP contribution in [0.4, 0.5) is 0 Å². The molecule has 0 aromatic heterocycles. The predicted molar refractivity (Wildman–Crippen MR) is 49.4 cm³/mol. The molecular weight excluding hydrogens is 164 g/mol. The molecule has 0 bridgehead atoms. The minimum absolute atomic E-state index is 0.0414. The van der Waals surface area contributed by atoms with Gasteiger partial charge in [-0.05, 0) is 25.7 Å². The van der Waals surface area contributed by atoms with Gasteiger partial charge in [-0.15, -0.1) is 0 Å². The van der Waals surface area contributed by atoms with Crippen molar-refractivity contribution < 1.29 is 9.84 Å². The summed E-state index contributed by atoms with van der Waals surface area (Å²) in [7, 11) is 0. The van der Waals surface area contributed by atoms with Gasteiger partial charge >= 0.3 is 0 Å². The number of ether oxygens (including phenoxy) is 1. The SMILES string of the molecule is O[C@@H]1[C@@H]2CCCO[C@@H]2C12CCCC2. The second-order valence-electron chi connectivity index (χ2n) is 4.98. The van der Waals surface area contributed by atoms with E-state index < -0.39 is 0 Å². The second kappa shape index (κ2) is 2.71. The largest absolute Gasteiger partial charge is 0.392 e. The number of hydrogen-bond acceptors (Lipinski definition) is 2. The molecule has 0 radical (unpaired) electrons. The first kappa shape index (κ1) is 8.25. The van der Waals surface area contributed by atoms with Gasteiger partial charge in [0.1, 0.15) is 0 Å². The minimum Gasteiger partial charge on any atom is -0.392 e. The van der Waals surface area contributed by atoms with Crippen LogP contribution in [0.3, 0.4) is 0 Å². The lowest BCUT2D eigenvalue weighted by Crippen LogP contribution is -2.65. The zero-order chi connectivity index (χ0) is 8.89. The Bertz CT molecular complexity index is 208. The van der Waals surface area contributed by atoms with E-state index in [2.05, 4.69) is 0 Å². The van der Waals surface area contributed by atoms with Crippen LogP contribution >= 0.6 is 0 Å². The maximum absolute atomic E-state index is 10.1. The van der Waals surface area contributed by atoms with Gasteiger partial charge < -0.3 is 9.84 Å². The van der Waals surface area contributed by atoms with Gasteiger partial charge in [0.2, 0.25) is 0 Å². The van der Waals surface area contributed by atoms with E-state index in [4.69, 9.17) is 4.74 Å². The van der Waals surface area contributed by atoms with Crippen molar-refractivity contribution in [3.05, 3.63) is 0 Å². The molecule has 1 heterocycles. The minimum atomic E-state index is -0.0414. The van der Waals surface area contributed by atoms with Crippen LogP contribution in [-0.4, -0.2) is 23.9 Å². The summed E-state index contributed by atoms with van der Waals surface area (Å²) >= 11 is 0. The van der Waals surface area contributed by atoms with Crippen molar-refractivity contribution in [1.82, 2.24) is 0 Å². The predicted octanol–water partition coefficient (Wildman–Crippen LogP) is 1.72. The van der Waals surface area contributed by atoms with Gasteiger partial charge in [0.05, 0.1) is 12.2 Å². The Morgan fingerprint density at radius 2 is 1.92 bits per heavy atom. The fourth-order valence-corrected chi connectivity index (χ4v) is 3.81. The quantitative estimate of drug-likeness (QED) is 0.618. The van der Waals surface area contributed by atoms with E-state index >= 15 is 0 Å². The molecule has 0 aromatic rings. The fourth-order valence-electron chi connectivity index (χ4n) is 3.81. The number of hydrogen-bond donors (Lipinski definition) is 1. The van der Waals surface area contributed by atoms with Crippen LogP contribution in [0.1, 0.15) is 38.5 Å². The maximum atomic E-state index is 10.1. The summed E-state index contributed by atoms with van der Waals surface area (Å²) in [6.45, 7) is 0.926. The Labute approximate surface area is 79.3 Å². The first-order valence-electron chi connectivity index (χ1n) is 5.64. The van der Waals surface area contributed by atoms with Gasteiger partial charge in [0, 0.05) is 17.9 Å². The molecule has 1 saturated heterocycles. The van der Waals surface area contributed by atoms with Crippen molar-refractivity contribution in [3.63, 3.8) is 0 Å². The van der Waals surface area contributed by atoms with E-state index in [1.165, 1.54) is 32.1 Å². The van der Waals surface area contributed by atoms with Gasteiger partial charge in [-0.2, -0.15) is 0 Å². The van der Waals surface area contributed by atoms with Gasteiger partial charge in [-0.25, -0.2) is 0 Å². The summed E-state index contributed by atoms with van der Waals surface area (Å²) in [5.41, 5.74) is 0.199. The molecule has 1 N–H and O–H groups in total. The Kier molecular flexibility index (Phi) is 1.72. The topological polar surface area (TPSA) is 29.5 Å². The molecule has 1 aliphatic heterocycles. The Balaban J connectivity index is 1.82. The third-order valence-corrected chi connectivity index (χ3v) is 4.46. The average Bonchev–Trinajstić information content (AvgIpc) is 2.68. The third kappa shape index (κ3) is 0.909. The first-order chi connectivity index (χ1) is 6.34. The molecule has 3 atom stereocenters. The van der Waals surface area contributed by atoms with E-state index in [0.29, 0.717) is 12.0 Å². The lowest BCUT2D eigenvalue weighted by Gasteiger charge is -2.59.